The van der Waals surface area contributed by atoms with Gasteiger partial charge in [0.1, 0.15) is 0 Å². The van der Waals surface area contributed by atoms with Crippen LogP contribution in [0.25, 0.3) is 0 Å². The molecule has 0 radical (unpaired) electrons. The van der Waals surface area contributed by atoms with Crippen LogP contribution in [0.3, 0.4) is 0 Å². The largest absolute Gasteiger partial charge is 0.324 e. The third kappa shape index (κ3) is 3.80. The number of nitrogens with zero attached hydrogens (tertiary/aromatic N) is 1. The van der Waals surface area contributed by atoms with Crippen molar-refractivity contribution in [2.75, 3.05) is 19.6 Å². The normalized spacial score (nSPS) is 17.5. The highest BCUT2D eigenvalue weighted by molar-refractivity contribution is 5.28. The summed E-state index contributed by atoms with van der Waals surface area (Å²) in [6.45, 7) is 7.75. The molecule has 2 N–H and O–H groups in total. The second-order valence-corrected chi connectivity index (χ2v) is 5.72. The molecule has 19 heavy (non-hydrogen) atoms. The molecule has 1 saturated carbocycles. The first-order valence-corrected chi connectivity index (χ1v) is 7.82. The van der Waals surface area contributed by atoms with Crippen LogP contribution in [-0.4, -0.2) is 24.5 Å². The zero-order valence-electron chi connectivity index (χ0n) is 12.4. The highest BCUT2D eigenvalue weighted by Gasteiger charge is 2.19. The SMILES string of the molecule is CCN(CC)CCC(N)c1ccc(C2CCC2)cc1. The van der Waals surface area contributed by atoms with Gasteiger partial charge in [0.05, 0.1) is 0 Å². The number of benzene rings is 1. The molecule has 1 unspecified atom stereocenters. The Labute approximate surface area is 118 Å². The van der Waals surface area contributed by atoms with Crippen LogP contribution in [0.4, 0.5) is 0 Å². The highest BCUT2D eigenvalue weighted by Crippen LogP contribution is 2.36. The van der Waals surface area contributed by atoms with Crippen LogP contribution in [0.15, 0.2) is 24.3 Å². The summed E-state index contributed by atoms with van der Waals surface area (Å²) in [4.78, 5) is 2.43. The molecule has 2 nitrogen and oxygen atoms in total. The number of hydrogen-bond donors (Lipinski definition) is 1. The summed E-state index contributed by atoms with van der Waals surface area (Å²) in [5.74, 6) is 0.820. The average Bonchev–Trinajstić information content (AvgIpc) is 2.38. The van der Waals surface area contributed by atoms with E-state index in [0.29, 0.717) is 0 Å². The molecule has 1 atom stereocenters. The van der Waals surface area contributed by atoms with Crippen molar-refractivity contribution in [1.29, 1.82) is 0 Å². The maximum Gasteiger partial charge on any atom is 0.0307 e. The molecule has 1 aliphatic carbocycles. The number of rotatable bonds is 7. The monoisotopic (exact) mass is 260 g/mol. The predicted octanol–water partition coefficient (Wildman–Crippen LogP) is 3.69. The minimum atomic E-state index is 0.177. The first-order valence-electron chi connectivity index (χ1n) is 7.82. The molecule has 0 spiro atoms. The first kappa shape index (κ1) is 14.5. The molecule has 106 valence electrons. The summed E-state index contributed by atoms with van der Waals surface area (Å²) in [6.07, 6.45) is 5.18. The van der Waals surface area contributed by atoms with Gasteiger partial charge in [0.25, 0.3) is 0 Å². The lowest BCUT2D eigenvalue weighted by molar-refractivity contribution is 0.291. The van der Waals surface area contributed by atoms with Gasteiger partial charge in [-0.3, -0.25) is 0 Å². The second kappa shape index (κ2) is 7.06. The molecule has 0 heterocycles. The maximum absolute atomic E-state index is 6.30. The molecule has 0 bridgehead atoms. The zero-order chi connectivity index (χ0) is 13.7. The Morgan fingerprint density at radius 2 is 1.79 bits per heavy atom. The van der Waals surface area contributed by atoms with Crippen molar-refractivity contribution in [3.05, 3.63) is 35.4 Å². The molecule has 0 aliphatic heterocycles. The lowest BCUT2D eigenvalue weighted by Gasteiger charge is -2.26. The van der Waals surface area contributed by atoms with Gasteiger partial charge in [-0.1, -0.05) is 44.5 Å². The van der Waals surface area contributed by atoms with E-state index < -0.39 is 0 Å². The molecule has 1 aromatic carbocycles. The fourth-order valence-corrected chi connectivity index (χ4v) is 2.79. The van der Waals surface area contributed by atoms with Crippen LogP contribution in [0.2, 0.25) is 0 Å². The zero-order valence-corrected chi connectivity index (χ0v) is 12.4. The number of nitrogens with two attached hydrogens (primary N) is 1. The first-order chi connectivity index (χ1) is 9.24. The fraction of sp³-hybridized carbons (Fsp3) is 0.647. The van der Waals surface area contributed by atoms with E-state index in [2.05, 4.69) is 43.0 Å². The van der Waals surface area contributed by atoms with E-state index in [1.54, 1.807) is 0 Å². The van der Waals surface area contributed by atoms with Crippen molar-refractivity contribution in [1.82, 2.24) is 4.90 Å². The third-order valence-electron chi connectivity index (χ3n) is 4.59. The minimum absolute atomic E-state index is 0.177. The van der Waals surface area contributed by atoms with Crippen LogP contribution in [0.1, 0.15) is 62.6 Å². The summed E-state index contributed by atoms with van der Waals surface area (Å²) in [5.41, 5.74) is 9.09. The van der Waals surface area contributed by atoms with E-state index >= 15 is 0 Å². The Morgan fingerprint density at radius 1 is 1.16 bits per heavy atom. The predicted molar refractivity (Wildman–Crippen MR) is 82.4 cm³/mol. The van der Waals surface area contributed by atoms with Crippen LogP contribution in [0, 0.1) is 0 Å². The van der Waals surface area contributed by atoms with Gasteiger partial charge in [0.15, 0.2) is 0 Å². The van der Waals surface area contributed by atoms with Gasteiger partial charge < -0.3 is 10.6 Å². The van der Waals surface area contributed by atoms with Gasteiger partial charge in [0.2, 0.25) is 0 Å². The second-order valence-electron chi connectivity index (χ2n) is 5.72. The van der Waals surface area contributed by atoms with Gasteiger partial charge in [-0.25, -0.2) is 0 Å². The van der Waals surface area contributed by atoms with Gasteiger partial charge in [-0.05, 0) is 55.9 Å². The standard InChI is InChI=1S/C17H28N2/c1-3-19(4-2)13-12-17(18)16-10-8-15(9-11-16)14-6-5-7-14/h8-11,14,17H,3-7,12-13,18H2,1-2H3. The Hall–Kier alpha value is -0.860. The summed E-state index contributed by atoms with van der Waals surface area (Å²) in [7, 11) is 0. The van der Waals surface area contributed by atoms with Crippen LogP contribution in [0.5, 0.6) is 0 Å². The van der Waals surface area contributed by atoms with E-state index in [-0.39, 0.29) is 6.04 Å². The Balaban J connectivity index is 1.86. The van der Waals surface area contributed by atoms with Gasteiger partial charge in [-0.15, -0.1) is 0 Å². The Kier molecular flexibility index (Phi) is 5.41. The molecule has 0 amide bonds. The van der Waals surface area contributed by atoms with E-state index in [1.807, 2.05) is 0 Å². The molecular weight excluding hydrogens is 232 g/mol. The van der Waals surface area contributed by atoms with Gasteiger partial charge in [-0.2, -0.15) is 0 Å². The van der Waals surface area contributed by atoms with Crippen LogP contribution < -0.4 is 5.73 Å². The summed E-state index contributed by atoms with van der Waals surface area (Å²) >= 11 is 0. The third-order valence-corrected chi connectivity index (χ3v) is 4.59. The van der Waals surface area contributed by atoms with Crippen molar-refractivity contribution < 1.29 is 0 Å². The molecule has 2 rings (SSSR count). The Bertz CT molecular complexity index is 363. The molecule has 1 aliphatic rings. The lowest BCUT2D eigenvalue weighted by atomic mass is 9.80. The maximum atomic E-state index is 6.30. The topological polar surface area (TPSA) is 29.3 Å². The quantitative estimate of drug-likeness (QED) is 0.810. The van der Waals surface area contributed by atoms with Crippen molar-refractivity contribution in [3.8, 4) is 0 Å². The summed E-state index contributed by atoms with van der Waals surface area (Å²) in [6, 6.07) is 9.23. The van der Waals surface area contributed by atoms with Crippen molar-refractivity contribution >= 4 is 0 Å². The van der Waals surface area contributed by atoms with Crippen LogP contribution >= 0.6 is 0 Å². The fourth-order valence-electron chi connectivity index (χ4n) is 2.79. The van der Waals surface area contributed by atoms with Gasteiger partial charge in [0, 0.05) is 6.04 Å². The lowest BCUT2D eigenvalue weighted by Crippen LogP contribution is -2.27. The molecule has 0 saturated heterocycles. The van der Waals surface area contributed by atoms with Crippen LogP contribution in [-0.2, 0) is 0 Å². The molecule has 1 aromatic rings. The molecule has 1 fully saturated rings. The molecule has 0 aromatic heterocycles. The summed E-state index contributed by atoms with van der Waals surface area (Å²) < 4.78 is 0. The van der Waals surface area contributed by atoms with E-state index in [4.69, 9.17) is 5.73 Å². The van der Waals surface area contributed by atoms with Crippen molar-refractivity contribution in [2.45, 2.75) is 51.5 Å². The molecular formula is C17H28N2. The smallest absolute Gasteiger partial charge is 0.0307 e. The minimum Gasteiger partial charge on any atom is -0.324 e. The highest BCUT2D eigenvalue weighted by atomic mass is 15.1. The van der Waals surface area contributed by atoms with E-state index in [1.165, 1.54) is 30.4 Å². The Morgan fingerprint density at radius 3 is 2.26 bits per heavy atom. The molecule has 2 heteroatoms. The van der Waals surface area contributed by atoms with E-state index in [9.17, 15) is 0 Å². The van der Waals surface area contributed by atoms with Crippen molar-refractivity contribution in [2.24, 2.45) is 5.73 Å². The van der Waals surface area contributed by atoms with Gasteiger partial charge >= 0.3 is 0 Å². The van der Waals surface area contributed by atoms with Crippen molar-refractivity contribution in [3.63, 3.8) is 0 Å². The van der Waals surface area contributed by atoms with E-state index in [0.717, 1.165) is 32.0 Å². The number of hydrogen-bond acceptors (Lipinski definition) is 2. The average molecular weight is 260 g/mol. The summed E-state index contributed by atoms with van der Waals surface area (Å²) in [5, 5.41) is 0.